The molecule has 0 spiro atoms. The van der Waals surface area contributed by atoms with Crippen molar-refractivity contribution >= 4 is 23.5 Å². The average Bonchev–Trinajstić information content (AvgIpc) is 2.84. The second kappa shape index (κ2) is 7.78. The van der Waals surface area contributed by atoms with E-state index in [1.165, 1.54) is 0 Å². The highest BCUT2D eigenvalue weighted by Crippen LogP contribution is 2.20. The van der Waals surface area contributed by atoms with Crippen LogP contribution in [-0.2, 0) is 22.4 Å². The Balaban J connectivity index is 1.92. The van der Waals surface area contributed by atoms with Crippen LogP contribution in [0.4, 0.5) is 0 Å². The highest BCUT2D eigenvalue weighted by Gasteiger charge is 2.21. The van der Waals surface area contributed by atoms with Crippen LogP contribution < -0.4 is 5.32 Å². The molecular formula is C16H17ClN2O4. The molecule has 0 radical (unpaired) electrons. The monoisotopic (exact) mass is 336 g/mol. The number of amides is 1. The van der Waals surface area contributed by atoms with Gasteiger partial charge in [0.2, 0.25) is 11.1 Å². The lowest BCUT2D eigenvalue weighted by molar-refractivity contribution is -0.141. The van der Waals surface area contributed by atoms with Crippen molar-refractivity contribution in [1.82, 2.24) is 10.5 Å². The predicted octanol–water partition coefficient (Wildman–Crippen LogP) is 2.38. The van der Waals surface area contributed by atoms with E-state index in [2.05, 4.69) is 10.5 Å². The molecule has 2 aromatic rings. The summed E-state index contributed by atoms with van der Waals surface area (Å²) in [5.74, 6) is -1.42. The zero-order chi connectivity index (χ0) is 16.8. The number of aromatic nitrogens is 1. The first kappa shape index (κ1) is 17.0. The van der Waals surface area contributed by atoms with E-state index in [-0.39, 0.29) is 24.0 Å². The largest absolute Gasteiger partial charge is 0.480 e. The number of nitrogens with zero attached hydrogens (tertiary/aromatic N) is 1. The summed E-state index contributed by atoms with van der Waals surface area (Å²) >= 11 is 5.84. The molecule has 1 atom stereocenters. The number of aliphatic carboxylic acids is 1. The zero-order valence-electron chi connectivity index (χ0n) is 12.6. The number of carboxylic acids is 1. The summed E-state index contributed by atoms with van der Waals surface area (Å²) in [6.45, 7) is 1.73. The van der Waals surface area contributed by atoms with Gasteiger partial charge in [0.25, 0.3) is 0 Å². The molecule has 0 unspecified atom stereocenters. The fourth-order valence-corrected chi connectivity index (χ4v) is 2.46. The summed E-state index contributed by atoms with van der Waals surface area (Å²) in [5, 5.41) is 15.7. The van der Waals surface area contributed by atoms with Crippen LogP contribution in [0, 0.1) is 6.92 Å². The van der Waals surface area contributed by atoms with Gasteiger partial charge < -0.3 is 14.9 Å². The molecule has 0 saturated heterocycles. The lowest BCUT2D eigenvalue weighted by atomic mass is 10.1. The molecule has 0 bridgehead atoms. The Kier molecular flexibility index (Phi) is 5.76. The molecule has 0 aliphatic heterocycles. The molecule has 1 heterocycles. The van der Waals surface area contributed by atoms with Gasteiger partial charge in [-0.2, -0.15) is 0 Å². The Hall–Kier alpha value is -2.34. The number of nitrogens with one attached hydrogen (secondary N) is 1. The second-order valence-electron chi connectivity index (χ2n) is 5.17. The van der Waals surface area contributed by atoms with Gasteiger partial charge >= 0.3 is 5.97 Å². The third-order valence-corrected chi connectivity index (χ3v) is 3.75. The molecule has 23 heavy (non-hydrogen) atoms. The van der Waals surface area contributed by atoms with Crippen LogP contribution in [0.5, 0.6) is 0 Å². The highest BCUT2D eigenvalue weighted by atomic mass is 35.5. The number of carbonyl (C=O) groups is 2. The summed E-state index contributed by atoms with van der Waals surface area (Å²) in [4.78, 5) is 23.3. The SMILES string of the molecule is Cc1noc(Cl)c1CCC(=O)N[C@H](Cc1ccccc1)C(=O)O. The Morgan fingerprint density at radius 1 is 1.35 bits per heavy atom. The molecule has 1 amide bonds. The molecule has 6 nitrogen and oxygen atoms in total. The van der Waals surface area contributed by atoms with Gasteiger partial charge in [-0.1, -0.05) is 35.5 Å². The Morgan fingerprint density at radius 3 is 2.61 bits per heavy atom. The van der Waals surface area contributed by atoms with Gasteiger partial charge in [-0.25, -0.2) is 4.79 Å². The normalized spacial score (nSPS) is 11.9. The molecule has 122 valence electrons. The molecule has 0 aliphatic carbocycles. The fourth-order valence-electron chi connectivity index (χ4n) is 2.20. The van der Waals surface area contributed by atoms with Crippen molar-refractivity contribution in [3.05, 3.63) is 52.4 Å². The number of hydrogen-bond acceptors (Lipinski definition) is 4. The molecule has 2 rings (SSSR count). The van der Waals surface area contributed by atoms with Crippen molar-refractivity contribution in [3.63, 3.8) is 0 Å². The second-order valence-corrected chi connectivity index (χ2v) is 5.51. The first-order valence-corrected chi connectivity index (χ1v) is 7.52. The van der Waals surface area contributed by atoms with Crippen LogP contribution in [0.1, 0.15) is 23.2 Å². The Bertz CT molecular complexity index is 665. The molecule has 7 heteroatoms. The van der Waals surface area contributed by atoms with Gasteiger partial charge in [0.15, 0.2) is 0 Å². The maximum atomic E-state index is 12.0. The van der Waals surface area contributed by atoms with E-state index in [1.807, 2.05) is 30.3 Å². The van der Waals surface area contributed by atoms with Crippen LogP contribution in [0.3, 0.4) is 0 Å². The topological polar surface area (TPSA) is 92.4 Å². The van der Waals surface area contributed by atoms with Gasteiger partial charge in [-0.05, 0) is 30.5 Å². The molecule has 0 fully saturated rings. The smallest absolute Gasteiger partial charge is 0.326 e. The molecule has 0 saturated carbocycles. The minimum Gasteiger partial charge on any atom is -0.480 e. The van der Waals surface area contributed by atoms with Crippen LogP contribution in [0.15, 0.2) is 34.9 Å². The highest BCUT2D eigenvalue weighted by molar-refractivity contribution is 6.29. The third kappa shape index (κ3) is 4.82. The van der Waals surface area contributed by atoms with E-state index in [0.717, 1.165) is 5.56 Å². The van der Waals surface area contributed by atoms with E-state index < -0.39 is 12.0 Å². The number of hydrogen-bond donors (Lipinski definition) is 2. The quantitative estimate of drug-likeness (QED) is 0.809. The van der Waals surface area contributed by atoms with Crippen LogP contribution in [0.2, 0.25) is 5.22 Å². The van der Waals surface area contributed by atoms with Crippen molar-refractivity contribution in [1.29, 1.82) is 0 Å². The summed E-state index contributed by atoms with van der Waals surface area (Å²) in [5.41, 5.74) is 2.14. The van der Waals surface area contributed by atoms with Crippen LogP contribution >= 0.6 is 11.6 Å². The number of benzene rings is 1. The minimum atomic E-state index is -1.07. The maximum Gasteiger partial charge on any atom is 0.326 e. The summed E-state index contributed by atoms with van der Waals surface area (Å²) in [6.07, 6.45) is 0.687. The Labute approximate surface area is 138 Å². The molecule has 1 aromatic heterocycles. The number of carboxylic acid groups (broad SMARTS) is 1. The van der Waals surface area contributed by atoms with E-state index in [9.17, 15) is 14.7 Å². The molecule has 0 aliphatic rings. The fraction of sp³-hybridized carbons (Fsp3) is 0.312. The summed E-state index contributed by atoms with van der Waals surface area (Å²) in [6, 6.07) is 8.18. The molecular weight excluding hydrogens is 320 g/mol. The minimum absolute atomic E-state index is 0.111. The van der Waals surface area contributed by atoms with Crippen LogP contribution in [0.25, 0.3) is 0 Å². The van der Waals surface area contributed by atoms with E-state index in [1.54, 1.807) is 6.92 Å². The number of rotatable bonds is 7. The van der Waals surface area contributed by atoms with E-state index in [4.69, 9.17) is 16.1 Å². The third-order valence-electron chi connectivity index (χ3n) is 3.45. The first-order valence-electron chi connectivity index (χ1n) is 7.14. The standard InChI is InChI=1S/C16H17ClN2O4/c1-10-12(15(17)23-19-10)7-8-14(20)18-13(16(21)22)9-11-5-3-2-4-6-11/h2-6,13H,7-9H2,1H3,(H,18,20)(H,21,22)/t13-/m1/s1. The lowest BCUT2D eigenvalue weighted by Crippen LogP contribution is -2.42. The summed E-state index contributed by atoms with van der Waals surface area (Å²) < 4.78 is 4.82. The zero-order valence-corrected chi connectivity index (χ0v) is 13.3. The molecule has 2 N–H and O–H groups in total. The van der Waals surface area contributed by atoms with Crippen LogP contribution in [-0.4, -0.2) is 28.2 Å². The van der Waals surface area contributed by atoms with Gasteiger partial charge in [-0.15, -0.1) is 0 Å². The Morgan fingerprint density at radius 2 is 2.04 bits per heavy atom. The average molecular weight is 337 g/mol. The molecule has 1 aromatic carbocycles. The van der Waals surface area contributed by atoms with Crippen molar-refractivity contribution in [2.75, 3.05) is 0 Å². The van der Waals surface area contributed by atoms with Gasteiger partial charge in [0, 0.05) is 18.4 Å². The van der Waals surface area contributed by atoms with Crippen molar-refractivity contribution in [2.24, 2.45) is 0 Å². The van der Waals surface area contributed by atoms with Crippen molar-refractivity contribution < 1.29 is 19.2 Å². The summed E-state index contributed by atoms with van der Waals surface area (Å²) in [7, 11) is 0. The number of halogens is 1. The maximum absolute atomic E-state index is 12.0. The van der Waals surface area contributed by atoms with Crippen molar-refractivity contribution in [3.8, 4) is 0 Å². The predicted molar refractivity (Wildman–Crippen MR) is 84.3 cm³/mol. The number of aryl methyl sites for hydroxylation is 1. The van der Waals surface area contributed by atoms with Gasteiger partial charge in [0.1, 0.15) is 6.04 Å². The first-order chi connectivity index (χ1) is 11.0. The van der Waals surface area contributed by atoms with Crippen molar-refractivity contribution in [2.45, 2.75) is 32.2 Å². The van der Waals surface area contributed by atoms with Gasteiger partial charge in [0.05, 0.1) is 5.69 Å². The van der Waals surface area contributed by atoms with E-state index in [0.29, 0.717) is 17.7 Å². The van der Waals surface area contributed by atoms with E-state index >= 15 is 0 Å². The van der Waals surface area contributed by atoms with Gasteiger partial charge in [-0.3, -0.25) is 4.79 Å². The lowest BCUT2D eigenvalue weighted by Gasteiger charge is -2.14. The number of carbonyl (C=O) groups excluding carboxylic acids is 1.